The lowest BCUT2D eigenvalue weighted by molar-refractivity contribution is 0.00862. The second kappa shape index (κ2) is 5.58. The highest BCUT2D eigenvalue weighted by molar-refractivity contribution is 9.10. The monoisotopic (exact) mass is 338 g/mol. The van der Waals surface area contributed by atoms with Gasteiger partial charge in [-0.15, -0.1) is 0 Å². The summed E-state index contributed by atoms with van der Waals surface area (Å²) in [6, 6.07) is 10.5. The average molecular weight is 339 g/mol. The maximum Gasteiger partial charge on any atom is 0.374 e. The maximum atomic E-state index is 11.7. The third kappa shape index (κ3) is 2.80. The molecule has 1 aromatic heterocycles. The molecule has 0 fully saturated rings. The molecular formula is C14H11BrO5. The number of fused-ring (bicyclic) bond motifs is 1. The fraction of sp³-hybridized carbons (Fsp3) is 0.214. The third-order valence-corrected chi connectivity index (χ3v) is 3.17. The molecule has 2 aromatic rings. The van der Waals surface area contributed by atoms with Gasteiger partial charge in [-0.25, -0.2) is 4.79 Å². The first-order chi connectivity index (χ1) is 9.72. The van der Waals surface area contributed by atoms with Gasteiger partial charge in [0.1, 0.15) is 13.2 Å². The van der Waals surface area contributed by atoms with Gasteiger partial charge in [0.05, 0.1) is 0 Å². The van der Waals surface area contributed by atoms with Crippen molar-refractivity contribution in [1.29, 1.82) is 0 Å². The molecule has 104 valence electrons. The number of benzene rings is 1. The van der Waals surface area contributed by atoms with Gasteiger partial charge in [-0.2, -0.15) is 0 Å². The van der Waals surface area contributed by atoms with Gasteiger partial charge in [-0.1, -0.05) is 12.1 Å². The van der Waals surface area contributed by atoms with Gasteiger partial charge in [0.15, 0.2) is 22.3 Å². The summed E-state index contributed by atoms with van der Waals surface area (Å²) in [6.45, 7) is 0.442. The van der Waals surface area contributed by atoms with Crippen LogP contribution in [0.3, 0.4) is 0 Å². The summed E-state index contributed by atoms with van der Waals surface area (Å²) >= 11 is 3.13. The van der Waals surface area contributed by atoms with Gasteiger partial charge in [0.25, 0.3) is 0 Å². The number of furan rings is 1. The molecule has 0 saturated carbocycles. The number of halogens is 1. The van der Waals surface area contributed by atoms with E-state index in [1.165, 1.54) is 0 Å². The predicted octanol–water partition coefficient (Wildman–Crippen LogP) is 3.04. The molecule has 1 aliphatic heterocycles. The standard InChI is InChI=1S/C14H11BrO5/c15-13-6-5-12(20-13)14(16)18-8-9-7-17-10-3-1-2-4-11(10)19-9/h1-6,9H,7-8H2/t9-/m0/s1. The Morgan fingerprint density at radius 3 is 2.80 bits per heavy atom. The zero-order chi connectivity index (χ0) is 13.9. The van der Waals surface area contributed by atoms with E-state index >= 15 is 0 Å². The molecule has 3 rings (SSSR count). The first kappa shape index (κ1) is 13.1. The summed E-state index contributed by atoms with van der Waals surface area (Å²) in [5.74, 6) is 0.970. The van der Waals surface area contributed by atoms with Gasteiger partial charge >= 0.3 is 5.97 Å². The third-order valence-electron chi connectivity index (χ3n) is 2.74. The van der Waals surface area contributed by atoms with Crippen molar-refractivity contribution >= 4 is 21.9 Å². The van der Waals surface area contributed by atoms with Crippen molar-refractivity contribution in [2.45, 2.75) is 6.10 Å². The Hall–Kier alpha value is -1.95. The van der Waals surface area contributed by atoms with Crippen LogP contribution in [0.4, 0.5) is 0 Å². The summed E-state index contributed by atoms with van der Waals surface area (Å²) in [6.07, 6.45) is -0.327. The topological polar surface area (TPSA) is 57.9 Å². The Labute approximate surface area is 123 Å². The normalized spacial score (nSPS) is 16.8. The van der Waals surface area contributed by atoms with Crippen molar-refractivity contribution in [1.82, 2.24) is 0 Å². The minimum atomic E-state index is -0.529. The zero-order valence-corrected chi connectivity index (χ0v) is 12.0. The van der Waals surface area contributed by atoms with E-state index in [-0.39, 0.29) is 18.5 Å². The fourth-order valence-electron chi connectivity index (χ4n) is 1.81. The molecule has 2 heterocycles. The van der Waals surface area contributed by atoms with Gasteiger partial charge in [-0.05, 0) is 40.2 Å². The van der Waals surface area contributed by atoms with E-state index in [9.17, 15) is 4.79 Å². The molecule has 1 atom stereocenters. The Bertz CT molecular complexity index is 622. The van der Waals surface area contributed by atoms with Crippen LogP contribution < -0.4 is 9.47 Å². The highest BCUT2D eigenvalue weighted by Crippen LogP contribution is 2.30. The molecule has 0 bridgehead atoms. The van der Waals surface area contributed by atoms with Crippen molar-refractivity contribution in [3.63, 3.8) is 0 Å². The Morgan fingerprint density at radius 2 is 2.05 bits per heavy atom. The molecular weight excluding hydrogens is 328 g/mol. The Kier molecular flexibility index (Phi) is 3.64. The van der Waals surface area contributed by atoms with Crippen LogP contribution >= 0.6 is 15.9 Å². The fourth-order valence-corrected chi connectivity index (χ4v) is 2.12. The summed E-state index contributed by atoms with van der Waals surface area (Å²) < 4.78 is 21.9. The lowest BCUT2D eigenvalue weighted by Crippen LogP contribution is -2.34. The number of ether oxygens (including phenoxy) is 3. The summed E-state index contributed by atoms with van der Waals surface area (Å²) in [5, 5.41) is 0. The van der Waals surface area contributed by atoms with Gasteiger partial charge in [0, 0.05) is 0 Å². The quantitative estimate of drug-likeness (QED) is 0.805. The van der Waals surface area contributed by atoms with Crippen LogP contribution in [0.5, 0.6) is 11.5 Å². The predicted molar refractivity (Wildman–Crippen MR) is 73.0 cm³/mol. The van der Waals surface area contributed by atoms with Crippen molar-refractivity contribution in [2.75, 3.05) is 13.2 Å². The number of hydrogen-bond acceptors (Lipinski definition) is 5. The van der Waals surface area contributed by atoms with Crippen molar-refractivity contribution in [2.24, 2.45) is 0 Å². The van der Waals surface area contributed by atoms with Crippen LogP contribution in [-0.4, -0.2) is 25.3 Å². The van der Waals surface area contributed by atoms with Crippen LogP contribution in [0.25, 0.3) is 0 Å². The van der Waals surface area contributed by atoms with E-state index in [0.29, 0.717) is 22.8 Å². The van der Waals surface area contributed by atoms with Crippen molar-refractivity contribution in [3.05, 3.63) is 46.8 Å². The van der Waals surface area contributed by atoms with Gasteiger partial charge in [-0.3, -0.25) is 0 Å². The van der Waals surface area contributed by atoms with E-state index in [2.05, 4.69) is 15.9 Å². The van der Waals surface area contributed by atoms with E-state index in [1.54, 1.807) is 12.1 Å². The number of carbonyl (C=O) groups is 1. The van der Waals surface area contributed by atoms with Gasteiger partial charge in [0.2, 0.25) is 5.76 Å². The van der Waals surface area contributed by atoms with Crippen LogP contribution in [0, 0.1) is 0 Å². The van der Waals surface area contributed by atoms with Crippen molar-refractivity contribution in [3.8, 4) is 11.5 Å². The van der Waals surface area contributed by atoms with Crippen LogP contribution in [0.15, 0.2) is 45.5 Å². The van der Waals surface area contributed by atoms with Crippen LogP contribution in [0.2, 0.25) is 0 Å². The molecule has 0 unspecified atom stereocenters. The zero-order valence-electron chi connectivity index (χ0n) is 10.4. The number of rotatable bonds is 3. The molecule has 0 N–H and O–H groups in total. The van der Waals surface area contributed by atoms with Gasteiger partial charge < -0.3 is 18.6 Å². The highest BCUT2D eigenvalue weighted by Gasteiger charge is 2.23. The highest BCUT2D eigenvalue weighted by atomic mass is 79.9. The molecule has 5 nitrogen and oxygen atoms in total. The molecule has 0 aliphatic carbocycles. The smallest absolute Gasteiger partial charge is 0.374 e. The van der Waals surface area contributed by atoms with E-state index in [4.69, 9.17) is 18.6 Å². The molecule has 1 aromatic carbocycles. The first-order valence-electron chi connectivity index (χ1n) is 6.03. The lowest BCUT2D eigenvalue weighted by Gasteiger charge is -2.25. The SMILES string of the molecule is O=C(OC[C@@H]1COc2ccccc2O1)c1ccc(Br)o1. The number of esters is 1. The second-order valence-electron chi connectivity index (χ2n) is 4.20. The van der Waals surface area contributed by atoms with Crippen molar-refractivity contribution < 1.29 is 23.4 Å². The molecule has 0 amide bonds. The molecule has 0 saturated heterocycles. The molecule has 0 radical (unpaired) electrons. The van der Waals surface area contributed by atoms with E-state index in [0.717, 1.165) is 0 Å². The minimum Gasteiger partial charge on any atom is -0.486 e. The van der Waals surface area contributed by atoms with E-state index < -0.39 is 5.97 Å². The molecule has 6 heteroatoms. The lowest BCUT2D eigenvalue weighted by atomic mass is 10.3. The van der Waals surface area contributed by atoms with Crippen LogP contribution in [0.1, 0.15) is 10.6 Å². The number of hydrogen-bond donors (Lipinski definition) is 0. The average Bonchev–Trinajstić information content (AvgIpc) is 2.91. The summed E-state index contributed by atoms with van der Waals surface area (Å²) in [5.41, 5.74) is 0. The molecule has 20 heavy (non-hydrogen) atoms. The molecule has 0 spiro atoms. The largest absolute Gasteiger partial charge is 0.486 e. The first-order valence-corrected chi connectivity index (χ1v) is 6.82. The van der Waals surface area contributed by atoms with E-state index in [1.807, 2.05) is 24.3 Å². The van der Waals surface area contributed by atoms with Crippen LogP contribution in [-0.2, 0) is 4.74 Å². The Balaban J connectivity index is 1.56. The summed E-state index contributed by atoms with van der Waals surface area (Å²) in [4.78, 5) is 11.7. The number of carbonyl (C=O) groups excluding carboxylic acids is 1. The second-order valence-corrected chi connectivity index (χ2v) is 4.98. The summed E-state index contributed by atoms with van der Waals surface area (Å²) in [7, 11) is 0. The maximum absolute atomic E-state index is 11.7. The molecule has 1 aliphatic rings. The minimum absolute atomic E-state index is 0.103. The number of para-hydroxylation sites is 2. The Morgan fingerprint density at radius 1 is 1.25 bits per heavy atom.